The van der Waals surface area contributed by atoms with E-state index >= 15 is 0 Å². The topological polar surface area (TPSA) is 40.5 Å². The molecule has 0 radical (unpaired) electrons. The number of halogens is 3. The van der Waals surface area contributed by atoms with Gasteiger partial charge >= 0.3 is 12.1 Å². The summed E-state index contributed by atoms with van der Waals surface area (Å²) < 4.78 is 37.7. The molecule has 1 aromatic carbocycles. The van der Waals surface area contributed by atoms with E-state index < -0.39 is 23.6 Å². The van der Waals surface area contributed by atoms with Gasteiger partial charge in [0.05, 0.1) is 11.5 Å². The number of carboxylic acid groups (broad SMARTS) is 1. The number of hydrogen-bond donors (Lipinski definition) is 1. The number of benzene rings is 1. The van der Waals surface area contributed by atoms with Crippen LogP contribution in [-0.2, 0) is 11.0 Å². The first kappa shape index (κ1) is 17.8. The Kier molecular flexibility index (Phi) is 6.54. The van der Waals surface area contributed by atoms with E-state index in [4.69, 9.17) is 5.11 Å². The van der Waals surface area contributed by atoms with Crippen molar-refractivity contribution < 1.29 is 23.1 Å². The van der Waals surface area contributed by atoms with E-state index in [0.717, 1.165) is 12.1 Å². The zero-order chi connectivity index (χ0) is 16.0. The molecule has 118 valence electrons. The zero-order valence-electron chi connectivity index (χ0n) is 11.9. The number of nitrogens with zero attached hydrogens (tertiary/aromatic N) is 1. The van der Waals surface area contributed by atoms with Crippen LogP contribution in [0.2, 0.25) is 0 Å². The van der Waals surface area contributed by atoms with Crippen LogP contribution in [0, 0.1) is 5.92 Å². The van der Waals surface area contributed by atoms with Crippen molar-refractivity contribution in [1.82, 2.24) is 4.90 Å². The van der Waals surface area contributed by atoms with Gasteiger partial charge in [-0.15, -0.1) is 11.8 Å². The van der Waals surface area contributed by atoms with Gasteiger partial charge in [-0.25, -0.2) is 0 Å². The van der Waals surface area contributed by atoms with Crippen molar-refractivity contribution in [3.05, 3.63) is 29.8 Å². The van der Waals surface area contributed by atoms with E-state index in [-0.39, 0.29) is 0 Å². The molecule has 7 heteroatoms. The Morgan fingerprint density at radius 3 is 2.67 bits per heavy atom. The molecule has 0 aromatic heterocycles. The molecule has 0 saturated heterocycles. The van der Waals surface area contributed by atoms with Gasteiger partial charge in [-0.05, 0) is 25.2 Å². The molecule has 0 aliphatic carbocycles. The molecule has 1 rings (SSSR count). The second-order valence-electron chi connectivity index (χ2n) is 4.88. The minimum atomic E-state index is -4.33. The van der Waals surface area contributed by atoms with E-state index in [9.17, 15) is 18.0 Å². The van der Waals surface area contributed by atoms with Gasteiger partial charge in [0, 0.05) is 23.7 Å². The molecule has 0 aliphatic rings. The minimum Gasteiger partial charge on any atom is -0.481 e. The maximum atomic E-state index is 12.6. The first-order valence-corrected chi connectivity index (χ1v) is 7.40. The van der Waals surface area contributed by atoms with E-state index in [2.05, 4.69) is 0 Å². The van der Waals surface area contributed by atoms with Crippen LogP contribution in [0.4, 0.5) is 13.2 Å². The predicted octanol–water partition coefficient (Wildman–Crippen LogP) is 3.45. The lowest BCUT2D eigenvalue weighted by Gasteiger charge is -2.18. The quantitative estimate of drug-likeness (QED) is 0.781. The smallest absolute Gasteiger partial charge is 0.416 e. The zero-order valence-corrected chi connectivity index (χ0v) is 12.7. The van der Waals surface area contributed by atoms with Crippen molar-refractivity contribution in [2.75, 3.05) is 25.9 Å². The summed E-state index contributed by atoms with van der Waals surface area (Å²) >= 11 is 1.33. The number of alkyl halides is 3. The van der Waals surface area contributed by atoms with E-state index in [0.29, 0.717) is 23.7 Å². The van der Waals surface area contributed by atoms with Crippen molar-refractivity contribution in [3.8, 4) is 0 Å². The molecule has 0 aliphatic heterocycles. The number of carbonyl (C=O) groups is 1. The summed E-state index contributed by atoms with van der Waals surface area (Å²) in [6.07, 6.45) is -4.33. The molecule has 3 nitrogen and oxygen atoms in total. The molecule has 0 bridgehead atoms. The van der Waals surface area contributed by atoms with Gasteiger partial charge in [0.25, 0.3) is 0 Å². The number of thioether (sulfide) groups is 1. The molecule has 1 atom stereocenters. The third-order valence-corrected chi connectivity index (χ3v) is 3.88. The van der Waals surface area contributed by atoms with Crippen LogP contribution < -0.4 is 0 Å². The van der Waals surface area contributed by atoms with Crippen LogP contribution >= 0.6 is 11.8 Å². The third-order valence-electron chi connectivity index (χ3n) is 2.91. The molecule has 0 fully saturated rings. The number of carboxylic acids is 1. The third kappa shape index (κ3) is 6.39. The van der Waals surface area contributed by atoms with E-state index in [1.54, 1.807) is 20.0 Å². The Morgan fingerprint density at radius 2 is 2.10 bits per heavy atom. The lowest BCUT2D eigenvalue weighted by atomic mass is 10.2. The second-order valence-corrected chi connectivity index (χ2v) is 6.04. The van der Waals surface area contributed by atoms with Crippen molar-refractivity contribution in [2.24, 2.45) is 5.92 Å². The molecule has 1 unspecified atom stereocenters. The second kappa shape index (κ2) is 7.70. The Labute approximate surface area is 126 Å². The fraction of sp³-hybridized carbons (Fsp3) is 0.500. The summed E-state index contributed by atoms with van der Waals surface area (Å²) in [7, 11) is 1.80. The van der Waals surface area contributed by atoms with Gasteiger partial charge in [0.2, 0.25) is 0 Å². The van der Waals surface area contributed by atoms with Gasteiger partial charge in [0.1, 0.15) is 0 Å². The Hall–Kier alpha value is -1.21. The Morgan fingerprint density at radius 1 is 1.43 bits per heavy atom. The normalized spacial score (nSPS) is 13.4. The first-order valence-electron chi connectivity index (χ1n) is 6.41. The van der Waals surface area contributed by atoms with Crippen LogP contribution in [-0.4, -0.2) is 41.9 Å². The summed E-state index contributed by atoms with van der Waals surface area (Å²) in [5, 5.41) is 8.80. The van der Waals surface area contributed by atoms with Crippen LogP contribution in [0.5, 0.6) is 0 Å². The highest BCUT2D eigenvalue weighted by Gasteiger charge is 2.30. The molecule has 1 aromatic rings. The molecule has 0 heterocycles. The molecule has 21 heavy (non-hydrogen) atoms. The highest BCUT2D eigenvalue weighted by molar-refractivity contribution is 7.99. The van der Waals surface area contributed by atoms with Crippen LogP contribution in [0.25, 0.3) is 0 Å². The molecule has 1 N–H and O–H groups in total. The predicted molar refractivity (Wildman–Crippen MR) is 76.5 cm³/mol. The average Bonchev–Trinajstić information content (AvgIpc) is 2.37. The average molecular weight is 321 g/mol. The lowest BCUT2D eigenvalue weighted by molar-refractivity contribution is -0.141. The van der Waals surface area contributed by atoms with Gasteiger partial charge in [-0.1, -0.05) is 13.0 Å². The maximum absolute atomic E-state index is 12.6. The largest absolute Gasteiger partial charge is 0.481 e. The molecule has 0 amide bonds. The number of rotatable bonds is 7. The van der Waals surface area contributed by atoms with E-state index in [1.165, 1.54) is 17.8 Å². The number of hydrogen-bond acceptors (Lipinski definition) is 3. The monoisotopic (exact) mass is 321 g/mol. The highest BCUT2D eigenvalue weighted by Crippen LogP contribution is 2.31. The fourth-order valence-electron chi connectivity index (χ4n) is 1.72. The molecular formula is C14H18F3NO2S. The minimum absolute atomic E-state index is 0.415. The van der Waals surface area contributed by atoms with Crippen LogP contribution in [0.3, 0.4) is 0 Å². The lowest BCUT2D eigenvalue weighted by Crippen LogP contribution is -2.30. The van der Waals surface area contributed by atoms with Crippen LogP contribution in [0.15, 0.2) is 29.2 Å². The number of aliphatic carboxylic acids is 1. The van der Waals surface area contributed by atoms with Crippen molar-refractivity contribution >= 4 is 17.7 Å². The van der Waals surface area contributed by atoms with Gasteiger partial charge in [-0.3, -0.25) is 4.79 Å². The highest BCUT2D eigenvalue weighted by atomic mass is 32.2. The summed E-state index contributed by atoms with van der Waals surface area (Å²) in [5.41, 5.74) is -0.652. The Bertz CT molecular complexity index is 480. The molecule has 0 spiro atoms. The van der Waals surface area contributed by atoms with Crippen molar-refractivity contribution in [2.45, 2.75) is 18.0 Å². The summed E-state index contributed by atoms with van der Waals surface area (Å²) in [4.78, 5) is 13.1. The fourth-order valence-corrected chi connectivity index (χ4v) is 2.74. The SMILES string of the molecule is CC(CN(C)CCSc1cccc(C(F)(F)F)c1)C(=O)O. The van der Waals surface area contributed by atoms with Crippen molar-refractivity contribution in [3.63, 3.8) is 0 Å². The van der Waals surface area contributed by atoms with Crippen LogP contribution in [0.1, 0.15) is 12.5 Å². The summed E-state index contributed by atoms with van der Waals surface area (Å²) in [5.74, 6) is -0.717. The van der Waals surface area contributed by atoms with Gasteiger partial charge in [0.15, 0.2) is 0 Å². The maximum Gasteiger partial charge on any atom is 0.416 e. The summed E-state index contributed by atoms with van der Waals surface area (Å²) in [6, 6.07) is 5.20. The van der Waals surface area contributed by atoms with Gasteiger partial charge in [-0.2, -0.15) is 13.2 Å². The van der Waals surface area contributed by atoms with Crippen molar-refractivity contribution in [1.29, 1.82) is 0 Å². The summed E-state index contributed by atoms with van der Waals surface area (Å²) in [6.45, 7) is 2.65. The molecule has 0 saturated carbocycles. The van der Waals surface area contributed by atoms with Gasteiger partial charge < -0.3 is 10.0 Å². The molecular weight excluding hydrogens is 303 g/mol. The van der Waals surface area contributed by atoms with E-state index in [1.807, 2.05) is 4.90 Å². The standard InChI is InChI=1S/C14H18F3NO2S/c1-10(13(19)20)9-18(2)6-7-21-12-5-3-4-11(8-12)14(15,16)17/h3-5,8,10H,6-7,9H2,1-2H3,(H,19,20). The Balaban J connectivity index is 2.44. The first-order chi connectivity index (χ1) is 9.70.